The number of hydrogen-bond acceptors (Lipinski definition) is 5. The molecule has 1 aromatic carbocycles. The number of nitrogens with one attached hydrogen (secondary N) is 1. The Morgan fingerprint density at radius 2 is 1.90 bits per heavy atom. The second-order valence-corrected chi connectivity index (χ2v) is 10.2. The molecule has 0 aliphatic carbocycles. The van der Waals surface area contributed by atoms with Gasteiger partial charge >= 0.3 is 0 Å². The standard InChI is InChI=1S/C21H23FN4O3S2/c1-14-19(21(27)26-10-6-3-7-11-26)30-20(23-14)18-12-15(13-25(18)2)31(28,29)24-17-9-5-4-8-16(17)22/h4-5,8-9,12-13,24H,3,6-7,10-11H2,1-2H3. The number of benzene rings is 1. The van der Waals surface area contributed by atoms with Gasteiger partial charge in [-0.05, 0) is 44.4 Å². The lowest BCUT2D eigenvalue weighted by molar-refractivity contribution is 0.0728. The van der Waals surface area contributed by atoms with E-state index in [1.54, 1.807) is 24.6 Å². The SMILES string of the molecule is Cc1nc(-c2cc(S(=O)(=O)Nc3ccccc3F)cn2C)sc1C(=O)N1CCCCC1. The van der Waals surface area contributed by atoms with E-state index in [4.69, 9.17) is 0 Å². The fourth-order valence-electron chi connectivity index (χ4n) is 3.59. The second kappa shape index (κ2) is 8.43. The van der Waals surface area contributed by atoms with Crippen LogP contribution >= 0.6 is 11.3 Å². The number of halogens is 1. The van der Waals surface area contributed by atoms with Crippen LogP contribution in [0.5, 0.6) is 0 Å². The van der Waals surface area contributed by atoms with E-state index in [1.807, 2.05) is 4.90 Å². The Balaban J connectivity index is 1.62. The van der Waals surface area contributed by atoms with Crippen molar-refractivity contribution >= 4 is 33.0 Å². The van der Waals surface area contributed by atoms with Crippen LogP contribution in [0.1, 0.15) is 34.6 Å². The maximum atomic E-state index is 13.9. The molecule has 1 N–H and O–H groups in total. The molecule has 0 atom stereocenters. The number of piperidine rings is 1. The number of carbonyl (C=O) groups is 1. The maximum absolute atomic E-state index is 13.9. The van der Waals surface area contributed by atoms with Gasteiger partial charge in [-0.3, -0.25) is 9.52 Å². The molecule has 7 nitrogen and oxygen atoms in total. The molecule has 0 radical (unpaired) electrons. The van der Waals surface area contributed by atoms with Crippen molar-refractivity contribution in [2.45, 2.75) is 31.1 Å². The molecule has 4 rings (SSSR count). The molecule has 1 amide bonds. The number of hydrogen-bond donors (Lipinski definition) is 1. The van der Waals surface area contributed by atoms with Gasteiger partial charge in [-0.1, -0.05) is 12.1 Å². The number of para-hydroxylation sites is 1. The van der Waals surface area contributed by atoms with E-state index in [1.165, 1.54) is 41.8 Å². The number of aryl methyl sites for hydroxylation is 2. The number of rotatable bonds is 5. The summed E-state index contributed by atoms with van der Waals surface area (Å²) in [4.78, 5) is 19.8. The van der Waals surface area contributed by atoms with E-state index in [0.717, 1.165) is 32.4 Å². The van der Waals surface area contributed by atoms with Crippen molar-refractivity contribution in [2.24, 2.45) is 7.05 Å². The number of sulfonamides is 1. The summed E-state index contributed by atoms with van der Waals surface area (Å²) in [6.45, 7) is 3.29. The van der Waals surface area contributed by atoms with Crippen molar-refractivity contribution < 1.29 is 17.6 Å². The Bertz CT molecular complexity index is 1230. The van der Waals surface area contributed by atoms with E-state index >= 15 is 0 Å². The highest BCUT2D eigenvalue weighted by molar-refractivity contribution is 7.92. The third-order valence-electron chi connectivity index (χ3n) is 5.26. The van der Waals surface area contributed by atoms with Gasteiger partial charge in [0, 0.05) is 26.3 Å². The van der Waals surface area contributed by atoms with Gasteiger partial charge in [0.25, 0.3) is 15.9 Å². The molecule has 0 unspecified atom stereocenters. The molecule has 3 heterocycles. The number of carbonyl (C=O) groups excluding carboxylic acids is 1. The summed E-state index contributed by atoms with van der Waals surface area (Å²) in [6.07, 6.45) is 4.59. The minimum absolute atomic E-state index is 0.00925. The van der Waals surface area contributed by atoms with Crippen molar-refractivity contribution in [3.05, 3.63) is 52.9 Å². The molecular formula is C21H23FN4O3S2. The van der Waals surface area contributed by atoms with Crippen molar-refractivity contribution in [3.63, 3.8) is 0 Å². The van der Waals surface area contributed by atoms with Crippen LogP contribution in [0.15, 0.2) is 41.4 Å². The van der Waals surface area contributed by atoms with Gasteiger partial charge in [-0.2, -0.15) is 0 Å². The number of nitrogens with zero attached hydrogens (tertiary/aromatic N) is 3. The lowest BCUT2D eigenvalue weighted by atomic mass is 10.1. The van der Waals surface area contributed by atoms with E-state index in [2.05, 4.69) is 9.71 Å². The summed E-state index contributed by atoms with van der Waals surface area (Å²) in [7, 11) is -2.28. The minimum Gasteiger partial charge on any atom is -0.347 e. The summed E-state index contributed by atoms with van der Waals surface area (Å²) < 4.78 is 43.3. The summed E-state index contributed by atoms with van der Waals surface area (Å²) in [6, 6.07) is 7.07. The van der Waals surface area contributed by atoms with Crippen molar-refractivity contribution in [3.8, 4) is 10.7 Å². The van der Waals surface area contributed by atoms with Gasteiger partial charge in [0.05, 0.1) is 17.1 Å². The highest BCUT2D eigenvalue weighted by atomic mass is 32.2. The molecule has 1 aliphatic heterocycles. The predicted molar refractivity (Wildman–Crippen MR) is 118 cm³/mol. The first kappa shape index (κ1) is 21.5. The topological polar surface area (TPSA) is 84.3 Å². The van der Waals surface area contributed by atoms with Crippen molar-refractivity contribution in [2.75, 3.05) is 17.8 Å². The lowest BCUT2D eigenvalue weighted by Gasteiger charge is -2.26. The van der Waals surface area contributed by atoms with Crippen LogP contribution in [0.4, 0.5) is 10.1 Å². The average molecular weight is 463 g/mol. The number of amides is 1. The molecule has 0 bridgehead atoms. The van der Waals surface area contributed by atoms with E-state index in [0.29, 0.717) is 21.3 Å². The van der Waals surface area contributed by atoms with Crippen LogP contribution < -0.4 is 4.72 Å². The zero-order chi connectivity index (χ0) is 22.2. The van der Waals surface area contributed by atoms with Crippen molar-refractivity contribution in [1.29, 1.82) is 0 Å². The van der Waals surface area contributed by atoms with E-state index in [-0.39, 0.29) is 16.5 Å². The molecule has 2 aromatic heterocycles. The van der Waals surface area contributed by atoms with Crippen LogP contribution in [0, 0.1) is 12.7 Å². The number of anilines is 1. The Morgan fingerprint density at radius 3 is 2.61 bits per heavy atom. The van der Waals surface area contributed by atoms with Crippen LogP contribution in [0.3, 0.4) is 0 Å². The molecule has 31 heavy (non-hydrogen) atoms. The Labute approximate surface area is 184 Å². The quantitative estimate of drug-likeness (QED) is 0.621. The Morgan fingerprint density at radius 1 is 1.19 bits per heavy atom. The first-order valence-electron chi connectivity index (χ1n) is 9.97. The summed E-state index contributed by atoms with van der Waals surface area (Å²) in [5, 5.41) is 0.563. The summed E-state index contributed by atoms with van der Waals surface area (Å²) in [5.41, 5.74) is 1.08. The van der Waals surface area contributed by atoms with Crippen LogP contribution in [0.2, 0.25) is 0 Å². The lowest BCUT2D eigenvalue weighted by Crippen LogP contribution is -2.35. The molecule has 1 aliphatic rings. The Hall–Kier alpha value is -2.72. The molecule has 3 aromatic rings. The third kappa shape index (κ3) is 4.35. The molecular weight excluding hydrogens is 439 g/mol. The number of aromatic nitrogens is 2. The molecule has 10 heteroatoms. The second-order valence-electron chi connectivity index (χ2n) is 7.54. The molecule has 1 fully saturated rings. The van der Waals surface area contributed by atoms with Gasteiger partial charge in [0.1, 0.15) is 20.6 Å². The first-order chi connectivity index (χ1) is 14.8. The summed E-state index contributed by atoms with van der Waals surface area (Å²) in [5.74, 6) is -0.678. The predicted octanol–water partition coefficient (Wildman–Crippen LogP) is 4.02. The third-order valence-corrected chi connectivity index (χ3v) is 7.76. The minimum atomic E-state index is -3.99. The summed E-state index contributed by atoms with van der Waals surface area (Å²) >= 11 is 1.26. The average Bonchev–Trinajstić information content (AvgIpc) is 3.33. The van der Waals surface area contributed by atoms with E-state index in [9.17, 15) is 17.6 Å². The van der Waals surface area contributed by atoms with Gasteiger partial charge in [0.2, 0.25) is 0 Å². The first-order valence-corrected chi connectivity index (χ1v) is 12.3. The molecule has 0 spiro atoms. The highest BCUT2D eigenvalue weighted by Crippen LogP contribution is 2.32. The van der Waals surface area contributed by atoms with Crippen LogP contribution in [-0.4, -0.2) is 41.9 Å². The molecule has 0 saturated carbocycles. The zero-order valence-corrected chi connectivity index (χ0v) is 18.9. The van der Waals surface area contributed by atoms with Gasteiger partial charge < -0.3 is 9.47 Å². The fraction of sp³-hybridized carbons (Fsp3) is 0.333. The Kier molecular flexibility index (Phi) is 5.85. The van der Waals surface area contributed by atoms with Crippen molar-refractivity contribution in [1.82, 2.24) is 14.5 Å². The molecule has 164 valence electrons. The van der Waals surface area contributed by atoms with Crippen LogP contribution in [-0.2, 0) is 17.1 Å². The highest BCUT2D eigenvalue weighted by Gasteiger charge is 2.25. The van der Waals surface area contributed by atoms with Gasteiger partial charge in [-0.15, -0.1) is 11.3 Å². The smallest absolute Gasteiger partial charge is 0.265 e. The zero-order valence-electron chi connectivity index (χ0n) is 17.3. The van der Waals surface area contributed by atoms with Crippen LogP contribution in [0.25, 0.3) is 10.7 Å². The normalized spacial score (nSPS) is 14.6. The maximum Gasteiger partial charge on any atom is 0.265 e. The fourth-order valence-corrected chi connectivity index (χ4v) is 5.82. The monoisotopic (exact) mass is 462 g/mol. The van der Waals surface area contributed by atoms with Gasteiger partial charge in [-0.25, -0.2) is 17.8 Å². The number of likely N-dealkylation sites (tertiary alicyclic amines) is 1. The molecule has 1 saturated heterocycles. The van der Waals surface area contributed by atoms with Gasteiger partial charge in [0.15, 0.2) is 0 Å². The number of thiazole rings is 1. The largest absolute Gasteiger partial charge is 0.347 e. The van der Waals surface area contributed by atoms with E-state index < -0.39 is 15.8 Å².